The molecule has 0 heterocycles. The SMILES string of the molecule is Cc1ccc(O)c(C(=O)NCCCN(C)c2ccccc2)c1. The van der Waals surface area contributed by atoms with Crippen molar-refractivity contribution in [3.63, 3.8) is 0 Å². The van der Waals surface area contributed by atoms with Gasteiger partial charge in [0.05, 0.1) is 5.56 Å². The Labute approximate surface area is 131 Å². The largest absolute Gasteiger partial charge is 0.507 e. The minimum absolute atomic E-state index is 0.0181. The zero-order chi connectivity index (χ0) is 15.9. The normalized spacial score (nSPS) is 10.3. The van der Waals surface area contributed by atoms with E-state index < -0.39 is 0 Å². The number of phenolic OH excluding ortho intramolecular Hbond substituents is 1. The Morgan fingerprint density at radius 1 is 1.18 bits per heavy atom. The summed E-state index contributed by atoms with van der Waals surface area (Å²) in [4.78, 5) is 14.2. The van der Waals surface area contributed by atoms with E-state index in [1.807, 2.05) is 32.2 Å². The summed E-state index contributed by atoms with van der Waals surface area (Å²) in [6.07, 6.45) is 0.837. The van der Waals surface area contributed by atoms with Gasteiger partial charge >= 0.3 is 0 Å². The van der Waals surface area contributed by atoms with Crippen molar-refractivity contribution in [1.29, 1.82) is 0 Å². The van der Waals surface area contributed by atoms with Crippen molar-refractivity contribution >= 4 is 11.6 Å². The Balaban J connectivity index is 1.79. The fourth-order valence-corrected chi connectivity index (χ4v) is 2.26. The summed E-state index contributed by atoms with van der Waals surface area (Å²) < 4.78 is 0. The maximum absolute atomic E-state index is 12.0. The van der Waals surface area contributed by atoms with Gasteiger partial charge in [-0.1, -0.05) is 29.8 Å². The zero-order valence-corrected chi connectivity index (χ0v) is 13.0. The van der Waals surface area contributed by atoms with E-state index in [0.717, 1.165) is 24.2 Å². The highest BCUT2D eigenvalue weighted by Gasteiger charge is 2.10. The summed E-state index contributed by atoms with van der Waals surface area (Å²) in [5.74, 6) is -0.215. The van der Waals surface area contributed by atoms with Gasteiger partial charge < -0.3 is 15.3 Å². The highest BCUT2D eigenvalue weighted by atomic mass is 16.3. The van der Waals surface area contributed by atoms with Crippen LogP contribution in [0.25, 0.3) is 0 Å². The van der Waals surface area contributed by atoms with E-state index in [-0.39, 0.29) is 11.7 Å². The lowest BCUT2D eigenvalue weighted by Gasteiger charge is -2.19. The van der Waals surface area contributed by atoms with Gasteiger partial charge in [-0.25, -0.2) is 0 Å². The highest BCUT2D eigenvalue weighted by Crippen LogP contribution is 2.17. The van der Waals surface area contributed by atoms with Crippen LogP contribution < -0.4 is 10.2 Å². The molecule has 2 rings (SSSR count). The average Bonchev–Trinajstić information content (AvgIpc) is 2.54. The van der Waals surface area contributed by atoms with E-state index in [1.165, 1.54) is 0 Å². The van der Waals surface area contributed by atoms with Crippen LogP contribution in [0.3, 0.4) is 0 Å². The van der Waals surface area contributed by atoms with Crippen LogP contribution in [0.5, 0.6) is 5.75 Å². The number of para-hydroxylation sites is 1. The fourth-order valence-electron chi connectivity index (χ4n) is 2.26. The number of phenols is 1. The first-order valence-corrected chi connectivity index (χ1v) is 7.42. The predicted octanol–water partition coefficient (Wildman–Crippen LogP) is 2.96. The molecule has 0 bridgehead atoms. The molecule has 0 aliphatic heterocycles. The molecule has 4 nitrogen and oxygen atoms in total. The number of aryl methyl sites for hydroxylation is 1. The first-order chi connectivity index (χ1) is 10.6. The first kappa shape index (κ1) is 15.9. The van der Waals surface area contributed by atoms with Crippen LogP contribution in [-0.4, -0.2) is 31.2 Å². The number of benzene rings is 2. The van der Waals surface area contributed by atoms with Crippen LogP contribution in [0.4, 0.5) is 5.69 Å². The smallest absolute Gasteiger partial charge is 0.255 e. The number of amides is 1. The lowest BCUT2D eigenvalue weighted by Crippen LogP contribution is -2.28. The van der Waals surface area contributed by atoms with Gasteiger partial charge in [0.2, 0.25) is 0 Å². The molecule has 22 heavy (non-hydrogen) atoms. The summed E-state index contributed by atoms with van der Waals surface area (Å²) in [7, 11) is 2.03. The number of anilines is 1. The van der Waals surface area contributed by atoms with E-state index in [4.69, 9.17) is 0 Å². The average molecular weight is 298 g/mol. The molecule has 0 unspecified atom stereocenters. The summed E-state index contributed by atoms with van der Waals surface area (Å²) in [5.41, 5.74) is 2.44. The molecule has 0 aliphatic rings. The Bertz CT molecular complexity index is 626. The second-order valence-corrected chi connectivity index (χ2v) is 5.39. The summed E-state index contributed by atoms with van der Waals surface area (Å²) in [6.45, 7) is 3.32. The molecule has 4 heteroatoms. The Morgan fingerprint density at radius 3 is 2.64 bits per heavy atom. The lowest BCUT2D eigenvalue weighted by atomic mass is 10.1. The molecule has 2 N–H and O–H groups in total. The van der Waals surface area contributed by atoms with Crippen molar-refractivity contribution < 1.29 is 9.90 Å². The second kappa shape index (κ2) is 7.50. The first-order valence-electron chi connectivity index (χ1n) is 7.42. The zero-order valence-electron chi connectivity index (χ0n) is 13.0. The number of carbonyl (C=O) groups excluding carboxylic acids is 1. The Hall–Kier alpha value is -2.49. The number of rotatable bonds is 6. The molecule has 0 aliphatic carbocycles. The Kier molecular flexibility index (Phi) is 5.42. The van der Waals surface area contributed by atoms with E-state index in [0.29, 0.717) is 12.1 Å². The molecule has 0 radical (unpaired) electrons. The predicted molar refractivity (Wildman–Crippen MR) is 89.5 cm³/mol. The van der Waals surface area contributed by atoms with E-state index in [9.17, 15) is 9.90 Å². The third-order valence-electron chi connectivity index (χ3n) is 3.55. The van der Waals surface area contributed by atoms with Crippen molar-refractivity contribution in [3.8, 4) is 5.75 Å². The van der Waals surface area contributed by atoms with Crippen molar-refractivity contribution in [1.82, 2.24) is 5.32 Å². The van der Waals surface area contributed by atoms with Gasteiger partial charge in [0.25, 0.3) is 5.91 Å². The number of aromatic hydroxyl groups is 1. The minimum atomic E-state index is -0.233. The van der Waals surface area contributed by atoms with Crippen LogP contribution in [0.2, 0.25) is 0 Å². The Morgan fingerprint density at radius 2 is 1.91 bits per heavy atom. The van der Waals surface area contributed by atoms with Crippen molar-refractivity contribution in [3.05, 3.63) is 59.7 Å². The van der Waals surface area contributed by atoms with Gasteiger partial charge in [0.15, 0.2) is 0 Å². The molecule has 0 saturated carbocycles. The second-order valence-electron chi connectivity index (χ2n) is 5.39. The topological polar surface area (TPSA) is 52.6 Å². The van der Waals surface area contributed by atoms with Crippen molar-refractivity contribution in [2.45, 2.75) is 13.3 Å². The summed E-state index contributed by atoms with van der Waals surface area (Å²) in [6, 6.07) is 15.1. The van der Waals surface area contributed by atoms with Gasteiger partial charge in [-0.15, -0.1) is 0 Å². The number of hydrogen-bond donors (Lipinski definition) is 2. The van der Waals surface area contributed by atoms with Gasteiger partial charge in [-0.2, -0.15) is 0 Å². The van der Waals surface area contributed by atoms with E-state index >= 15 is 0 Å². The third kappa shape index (κ3) is 4.25. The number of nitrogens with zero attached hydrogens (tertiary/aromatic N) is 1. The minimum Gasteiger partial charge on any atom is -0.507 e. The van der Waals surface area contributed by atoms with Crippen LogP contribution in [0, 0.1) is 6.92 Å². The third-order valence-corrected chi connectivity index (χ3v) is 3.55. The molecule has 0 fully saturated rings. The standard InChI is InChI=1S/C18H22N2O2/c1-14-9-10-17(21)16(13-14)18(22)19-11-6-12-20(2)15-7-4-3-5-8-15/h3-5,7-10,13,21H,6,11-12H2,1-2H3,(H,19,22). The van der Waals surface area contributed by atoms with Crippen molar-refractivity contribution in [2.24, 2.45) is 0 Å². The molecule has 0 atom stereocenters. The van der Waals surface area contributed by atoms with Gasteiger partial charge in [0, 0.05) is 25.8 Å². The summed E-state index contributed by atoms with van der Waals surface area (Å²) in [5, 5.41) is 12.6. The molecular weight excluding hydrogens is 276 g/mol. The van der Waals surface area contributed by atoms with Crippen LogP contribution in [0.1, 0.15) is 22.3 Å². The van der Waals surface area contributed by atoms with Crippen molar-refractivity contribution in [2.75, 3.05) is 25.0 Å². The van der Waals surface area contributed by atoms with E-state index in [2.05, 4.69) is 22.3 Å². The highest BCUT2D eigenvalue weighted by molar-refractivity contribution is 5.96. The van der Waals surface area contributed by atoms with Crippen LogP contribution in [0.15, 0.2) is 48.5 Å². The fraction of sp³-hybridized carbons (Fsp3) is 0.278. The molecule has 2 aromatic carbocycles. The van der Waals surface area contributed by atoms with Gasteiger partial charge in [-0.05, 0) is 37.6 Å². The number of hydrogen-bond acceptors (Lipinski definition) is 3. The lowest BCUT2D eigenvalue weighted by molar-refractivity contribution is 0.0950. The van der Waals surface area contributed by atoms with E-state index in [1.54, 1.807) is 18.2 Å². The molecular formula is C18H22N2O2. The summed E-state index contributed by atoms with van der Waals surface area (Å²) >= 11 is 0. The quantitative estimate of drug-likeness (QED) is 0.806. The van der Waals surface area contributed by atoms with Gasteiger partial charge in [0.1, 0.15) is 5.75 Å². The maximum Gasteiger partial charge on any atom is 0.255 e. The monoisotopic (exact) mass is 298 g/mol. The molecule has 1 amide bonds. The molecule has 0 saturated heterocycles. The van der Waals surface area contributed by atoms with Gasteiger partial charge in [-0.3, -0.25) is 4.79 Å². The van der Waals surface area contributed by atoms with Crippen LogP contribution >= 0.6 is 0 Å². The number of carbonyl (C=O) groups is 1. The molecule has 0 spiro atoms. The molecule has 0 aromatic heterocycles. The maximum atomic E-state index is 12.0. The number of nitrogens with one attached hydrogen (secondary N) is 1. The molecule has 2 aromatic rings. The molecule has 116 valence electrons. The van der Waals surface area contributed by atoms with Crippen LogP contribution in [-0.2, 0) is 0 Å².